The average molecular weight is 253 g/mol. The predicted molar refractivity (Wildman–Crippen MR) is 74.6 cm³/mol. The minimum absolute atomic E-state index is 0.250. The zero-order valence-electron chi connectivity index (χ0n) is 12.2. The molecule has 0 saturated carbocycles. The standard InChI is InChI=1S/C14H27N3O/c1-5-11(8-9-18)15-10-12-13(6-2)16-17(4)14(12)7-3/h11,15,18H,5-10H2,1-4H3. The number of aromatic nitrogens is 2. The van der Waals surface area contributed by atoms with Crippen molar-refractivity contribution in [2.24, 2.45) is 7.05 Å². The second-order valence-corrected chi connectivity index (χ2v) is 4.70. The number of nitrogens with zero attached hydrogens (tertiary/aromatic N) is 2. The third-order valence-corrected chi connectivity index (χ3v) is 3.57. The Bertz CT molecular complexity index is 360. The van der Waals surface area contributed by atoms with Gasteiger partial charge >= 0.3 is 0 Å². The Labute approximate surface area is 110 Å². The summed E-state index contributed by atoms with van der Waals surface area (Å²) < 4.78 is 2.00. The van der Waals surface area contributed by atoms with Crippen molar-refractivity contribution in [1.29, 1.82) is 0 Å². The van der Waals surface area contributed by atoms with Crippen molar-refractivity contribution < 1.29 is 5.11 Å². The molecule has 1 unspecified atom stereocenters. The highest BCUT2D eigenvalue weighted by Gasteiger charge is 2.14. The van der Waals surface area contributed by atoms with E-state index in [1.165, 1.54) is 17.0 Å². The van der Waals surface area contributed by atoms with Gasteiger partial charge < -0.3 is 10.4 Å². The van der Waals surface area contributed by atoms with Gasteiger partial charge in [0.05, 0.1) is 5.69 Å². The van der Waals surface area contributed by atoms with E-state index < -0.39 is 0 Å². The van der Waals surface area contributed by atoms with Gasteiger partial charge in [-0.25, -0.2) is 0 Å². The van der Waals surface area contributed by atoms with Gasteiger partial charge in [-0.05, 0) is 25.7 Å². The molecule has 1 aromatic heterocycles. The lowest BCUT2D eigenvalue weighted by atomic mass is 10.1. The van der Waals surface area contributed by atoms with Gasteiger partial charge in [-0.3, -0.25) is 4.68 Å². The molecule has 1 atom stereocenters. The van der Waals surface area contributed by atoms with Crippen molar-refractivity contribution in [1.82, 2.24) is 15.1 Å². The van der Waals surface area contributed by atoms with Crippen LogP contribution in [0.5, 0.6) is 0 Å². The largest absolute Gasteiger partial charge is 0.396 e. The van der Waals surface area contributed by atoms with Crippen LogP contribution in [-0.2, 0) is 26.4 Å². The van der Waals surface area contributed by atoms with Crippen molar-refractivity contribution in [2.75, 3.05) is 6.61 Å². The van der Waals surface area contributed by atoms with E-state index in [2.05, 4.69) is 31.2 Å². The Morgan fingerprint density at radius 3 is 2.50 bits per heavy atom. The Hall–Kier alpha value is -0.870. The summed E-state index contributed by atoms with van der Waals surface area (Å²) in [6, 6.07) is 0.393. The molecule has 0 saturated heterocycles. The molecule has 18 heavy (non-hydrogen) atoms. The van der Waals surface area contributed by atoms with Crippen LogP contribution in [0.3, 0.4) is 0 Å². The first kappa shape index (κ1) is 15.2. The lowest BCUT2D eigenvalue weighted by Gasteiger charge is -2.16. The van der Waals surface area contributed by atoms with Crippen LogP contribution in [0, 0.1) is 0 Å². The van der Waals surface area contributed by atoms with Crippen molar-refractivity contribution in [3.8, 4) is 0 Å². The van der Waals surface area contributed by atoms with E-state index in [4.69, 9.17) is 5.11 Å². The molecule has 0 aliphatic heterocycles. The van der Waals surface area contributed by atoms with E-state index in [-0.39, 0.29) is 6.61 Å². The van der Waals surface area contributed by atoms with Crippen LogP contribution in [0.4, 0.5) is 0 Å². The summed E-state index contributed by atoms with van der Waals surface area (Å²) in [5, 5.41) is 17.1. The van der Waals surface area contributed by atoms with Crippen LogP contribution in [0.15, 0.2) is 0 Å². The molecular formula is C14H27N3O. The molecule has 0 bridgehead atoms. The first-order chi connectivity index (χ1) is 8.67. The molecule has 0 aromatic carbocycles. The van der Waals surface area contributed by atoms with E-state index in [1.54, 1.807) is 0 Å². The second kappa shape index (κ2) is 7.54. The lowest BCUT2D eigenvalue weighted by molar-refractivity contribution is 0.262. The molecule has 0 fully saturated rings. The lowest BCUT2D eigenvalue weighted by Crippen LogP contribution is -2.29. The Morgan fingerprint density at radius 2 is 2.00 bits per heavy atom. The number of hydrogen-bond acceptors (Lipinski definition) is 3. The third-order valence-electron chi connectivity index (χ3n) is 3.57. The molecule has 4 heteroatoms. The van der Waals surface area contributed by atoms with Gasteiger partial charge in [-0.2, -0.15) is 5.10 Å². The topological polar surface area (TPSA) is 50.1 Å². The molecule has 104 valence electrons. The summed E-state index contributed by atoms with van der Waals surface area (Å²) in [6.45, 7) is 7.58. The van der Waals surface area contributed by atoms with Crippen LogP contribution >= 0.6 is 0 Å². The van der Waals surface area contributed by atoms with Gasteiger partial charge in [0.15, 0.2) is 0 Å². The van der Waals surface area contributed by atoms with Crippen molar-refractivity contribution in [2.45, 2.75) is 59.0 Å². The molecule has 0 radical (unpaired) electrons. The average Bonchev–Trinajstić information content (AvgIpc) is 2.69. The summed E-state index contributed by atoms with van der Waals surface area (Å²) >= 11 is 0. The van der Waals surface area contributed by atoms with Crippen LogP contribution in [0.2, 0.25) is 0 Å². The summed E-state index contributed by atoms with van der Waals surface area (Å²) in [5.74, 6) is 0. The maximum absolute atomic E-state index is 9.01. The molecular weight excluding hydrogens is 226 g/mol. The normalized spacial score (nSPS) is 12.9. The molecule has 1 heterocycles. The van der Waals surface area contributed by atoms with Crippen molar-refractivity contribution in [3.05, 3.63) is 17.0 Å². The second-order valence-electron chi connectivity index (χ2n) is 4.70. The fourth-order valence-corrected chi connectivity index (χ4v) is 2.45. The zero-order chi connectivity index (χ0) is 13.5. The van der Waals surface area contributed by atoms with Crippen molar-refractivity contribution in [3.63, 3.8) is 0 Å². The SMILES string of the molecule is CCc1nn(C)c(CC)c1CNC(CC)CCO. The van der Waals surface area contributed by atoms with Crippen LogP contribution in [0.25, 0.3) is 0 Å². The van der Waals surface area contributed by atoms with E-state index in [1.807, 2.05) is 11.7 Å². The van der Waals surface area contributed by atoms with Crippen molar-refractivity contribution >= 4 is 0 Å². The molecule has 0 aliphatic carbocycles. The smallest absolute Gasteiger partial charge is 0.0669 e. The highest BCUT2D eigenvalue weighted by atomic mass is 16.3. The van der Waals surface area contributed by atoms with Gasteiger partial charge in [-0.1, -0.05) is 20.8 Å². The summed E-state index contributed by atoms with van der Waals surface area (Å²) in [7, 11) is 2.02. The molecule has 4 nitrogen and oxygen atoms in total. The van der Waals surface area contributed by atoms with Gasteiger partial charge in [0.25, 0.3) is 0 Å². The number of nitrogens with one attached hydrogen (secondary N) is 1. The molecule has 2 N–H and O–H groups in total. The fraction of sp³-hybridized carbons (Fsp3) is 0.786. The van der Waals surface area contributed by atoms with Gasteiger partial charge in [-0.15, -0.1) is 0 Å². The zero-order valence-corrected chi connectivity index (χ0v) is 12.2. The molecule has 0 aliphatic rings. The quantitative estimate of drug-likeness (QED) is 0.742. The van der Waals surface area contributed by atoms with Gasteiger partial charge in [0, 0.05) is 37.5 Å². The van der Waals surface area contributed by atoms with E-state index in [9.17, 15) is 0 Å². The maximum Gasteiger partial charge on any atom is 0.0669 e. The first-order valence-corrected chi connectivity index (χ1v) is 7.05. The highest BCUT2D eigenvalue weighted by molar-refractivity contribution is 5.26. The summed E-state index contributed by atoms with van der Waals surface area (Å²) in [4.78, 5) is 0. The fourth-order valence-electron chi connectivity index (χ4n) is 2.45. The van der Waals surface area contributed by atoms with E-state index in [0.29, 0.717) is 6.04 Å². The molecule has 0 spiro atoms. The first-order valence-electron chi connectivity index (χ1n) is 7.05. The molecule has 1 aromatic rings. The number of hydrogen-bond donors (Lipinski definition) is 2. The molecule has 0 amide bonds. The summed E-state index contributed by atoms with van der Waals surface area (Å²) in [6.07, 6.45) is 3.85. The number of aliphatic hydroxyl groups is 1. The van der Waals surface area contributed by atoms with Crippen LogP contribution in [-0.4, -0.2) is 27.5 Å². The summed E-state index contributed by atoms with van der Waals surface area (Å²) in [5.41, 5.74) is 3.86. The number of rotatable bonds is 8. The third kappa shape index (κ3) is 3.56. The van der Waals surface area contributed by atoms with Gasteiger partial charge in [0.1, 0.15) is 0 Å². The predicted octanol–water partition coefficient (Wildman–Crippen LogP) is 1.80. The minimum atomic E-state index is 0.250. The molecule has 1 rings (SSSR count). The highest BCUT2D eigenvalue weighted by Crippen LogP contribution is 2.15. The minimum Gasteiger partial charge on any atom is -0.396 e. The monoisotopic (exact) mass is 253 g/mol. The Morgan fingerprint density at radius 1 is 1.28 bits per heavy atom. The van der Waals surface area contributed by atoms with E-state index >= 15 is 0 Å². The number of aryl methyl sites for hydroxylation is 2. The van der Waals surface area contributed by atoms with Crippen LogP contribution in [0.1, 0.15) is 50.6 Å². The maximum atomic E-state index is 9.01. The number of aliphatic hydroxyl groups excluding tert-OH is 1. The Balaban J connectivity index is 2.76. The van der Waals surface area contributed by atoms with E-state index in [0.717, 1.165) is 32.2 Å². The van der Waals surface area contributed by atoms with Gasteiger partial charge in [0.2, 0.25) is 0 Å². The Kier molecular flexibility index (Phi) is 6.36. The van der Waals surface area contributed by atoms with Crippen LogP contribution < -0.4 is 5.32 Å².